The molecule has 0 saturated heterocycles. The third-order valence-electron chi connectivity index (χ3n) is 4.00. The fourth-order valence-corrected chi connectivity index (χ4v) is 3.97. The van der Waals surface area contributed by atoms with Gasteiger partial charge in [-0.2, -0.15) is 0 Å². The predicted molar refractivity (Wildman–Crippen MR) is 119 cm³/mol. The number of anilines is 2. The van der Waals surface area contributed by atoms with Gasteiger partial charge in [-0.25, -0.2) is 8.42 Å². The third-order valence-corrected chi connectivity index (χ3v) is 6.22. The van der Waals surface area contributed by atoms with Gasteiger partial charge in [-0.15, -0.1) is 0 Å². The van der Waals surface area contributed by atoms with Gasteiger partial charge >= 0.3 is 0 Å². The van der Waals surface area contributed by atoms with Gasteiger partial charge in [0, 0.05) is 5.69 Å². The number of carbonyl (C=O) groups excluding carboxylic acids is 1. The van der Waals surface area contributed by atoms with E-state index in [1.165, 1.54) is 24.3 Å². The maximum absolute atomic E-state index is 12.5. The normalized spacial score (nSPS) is 11.0. The van der Waals surface area contributed by atoms with Crippen molar-refractivity contribution in [3.8, 4) is 5.75 Å². The molecule has 0 unspecified atom stereocenters. The molecule has 3 aromatic rings. The van der Waals surface area contributed by atoms with E-state index in [1.807, 2.05) is 13.0 Å². The van der Waals surface area contributed by atoms with Crippen molar-refractivity contribution in [2.45, 2.75) is 11.8 Å². The number of rotatable bonds is 7. The summed E-state index contributed by atoms with van der Waals surface area (Å²) in [5.74, 6) is -0.0891. The molecule has 6 nitrogen and oxygen atoms in total. The molecule has 0 aliphatic carbocycles. The van der Waals surface area contributed by atoms with Crippen molar-refractivity contribution in [2.75, 3.05) is 16.6 Å². The van der Waals surface area contributed by atoms with Crippen molar-refractivity contribution in [1.29, 1.82) is 0 Å². The van der Waals surface area contributed by atoms with E-state index in [9.17, 15) is 13.2 Å². The summed E-state index contributed by atoms with van der Waals surface area (Å²) in [5, 5.41) is 3.17. The number of nitrogens with one attached hydrogen (secondary N) is 2. The fraction of sp³-hybridized carbons (Fsp3) is 0.0952. The van der Waals surface area contributed by atoms with E-state index in [-0.39, 0.29) is 16.5 Å². The third kappa shape index (κ3) is 5.66. The Morgan fingerprint density at radius 2 is 1.70 bits per heavy atom. The molecule has 0 fully saturated rings. The molecular weight excluding hydrogens is 447 g/mol. The molecule has 0 atom stereocenters. The van der Waals surface area contributed by atoms with Crippen LogP contribution in [0.15, 0.2) is 71.6 Å². The molecule has 0 saturated carbocycles. The quantitative estimate of drug-likeness (QED) is 0.507. The number of amides is 1. The van der Waals surface area contributed by atoms with Crippen LogP contribution in [0.2, 0.25) is 10.0 Å². The maximum Gasteiger partial charge on any atom is 0.262 e. The summed E-state index contributed by atoms with van der Waals surface area (Å²) < 4.78 is 33.0. The fourth-order valence-electron chi connectivity index (χ4n) is 2.57. The summed E-state index contributed by atoms with van der Waals surface area (Å²) in [4.78, 5) is 12.1. The van der Waals surface area contributed by atoms with Gasteiger partial charge in [-0.3, -0.25) is 9.52 Å². The zero-order chi connectivity index (χ0) is 21.7. The van der Waals surface area contributed by atoms with Crippen LogP contribution in [0.25, 0.3) is 0 Å². The lowest BCUT2D eigenvalue weighted by Crippen LogP contribution is -2.20. The van der Waals surface area contributed by atoms with Crippen LogP contribution in [0.3, 0.4) is 0 Å². The van der Waals surface area contributed by atoms with Crippen LogP contribution in [-0.4, -0.2) is 20.9 Å². The van der Waals surface area contributed by atoms with Crippen LogP contribution in [0.1, 0.15) is 5.56 Å². The van der Waals surface area contributed by atoms with Crippen LogP contribution in [0.4, 0.5) is 11.4 Å². The molecule has 0 aliphatic rings. The molecular formula is C21H18Cl2N2O4S. The van der Waals surface area contributed by atoms with Crippen molar-refractivity contribution in [3.05, 3.63) is 82.3 Å². The standard InChI is InChI=1S/C21H18Cl2N2O4S/c1-14-4-2-5-15(12-14)25-30(27,28)17-10-8-16(9-11-17)29-13-20(26)24-19-7-3-6-18(22)21(19)23/h2-12,25H,13H2,1H3,(H,24,26). The van der Waals surface area contributed by atoms with Crippen LogP contribution < -0.4 is 14.8 Å². The molecule has 3 aromatic carbocycles. The number of ether oxygens (including phenoxy) is 1. The van der Waals surface area contributed by atoms with Crippen LogP contribution in [-0.2, 0) is 14.8 Å². The zero-order valence-electron chi connectivity index (χ0n) is 15.9. The van der Waals surface area contributed by atoms with E-state index in [1.54, 1.807) is 36.4 Å². The lowest BCUT2D eigenvalue weighted by atomic mass is 10.2. The molecule has 2 N–H and O–H groups in total. The zero-order valence-corrected chi connectivity index (χ0v) is 18.2. The Morgan fingerprint density at radius 1 is 1.00 bits per heavy atom. The highest BCUT2D eigenvalue weighted by atomic mass is 35.5. The van der Waals surface area contributed by atoms with E-state index >= 15 is 0 Å². The monoisotopic (exact) mass is 464 g/mol. The number of halogens is 2. The molecule has 0 radical (unpaired) electrons. The number of aryl methyl sites for hydroxylation is 1. The van der Waals surface area contributed by atoms with Crippen LogP contribution >= 0.6 is 23.2 Å². The Balaban J connectivity index is 1.60. The van der Waals surface area contributed by atoms with Gasteiger partial charge in [0.1, 0.15) is 5.75 Å². The largest absolute Gasteiger partial charge is 0.484 e. The summed E-state index contributed by atoms with van der Waals surface area (Å²) in [6, 6.07) is 17.7. The summed E-state index contributed by atoms with van der Waals surface area (Å²) >= 11 is 11.9. The maximum atomic E-state index is 12.5. The van der Waals surface area contributed by atoms with Gasteiger partial charge in [-0.1, -0.05) is 41.4 Å². The first kappa shape index (κ1) is 22.0. The van der Waals surface area contributed by atoms with Crippen molar-refractivity contribution >= 4 is 50.5 Å². The minimum atomic E-state index is -3.74. The van der Waals surface area contributed by atoms with Crippen molar-refractivity contribution in [1.82, 2.24) is 0 Å². The average molecular weight is 465 g/mol. The van der Waals surface area contributed by atoms with E-state index in [0.29, 0.717) is 22.1 Å². The van der Waals surface area contributed by atoms with Gasteiger partial charge < -0.3 is 10.1 Å². The lowest BCUT2D eigenvalue weighted by molar-refractivity contribution is -0.118. The first-order chi connectivity index (χ1) is 14.2. The SMILES string of the molecule is Cc1cccc(NS(=O)(=O)c2ccc(OCC(=O)Nc3cccc(Cl)c3Cl)cc2)c1. The van der Waals surface area contributed by atoms with Gasteiger partial charge in [0.25, 0.3) is 15.9 Å². The number of benzene rings is 3. The van der Waals surface area contributed by atoms with Gasteiger partial charge in [-0.05, 0) is 61.0 Å². The smallest absolute Gasteiger partial charge is 0.262 e. The highest BCUT2D eigenvalue weighted by Gasteiger charge is 2.15. The van der Waals surface area contributed by atoms with Crippen molar-refractivity contribution in [3.63, 3.8) is 0 Å². The minimum absolute atomic E-state index is 0.0755. The molecule has 156 valence electrons. The number of sulfonamides is 1. The molecule has 0 bridgehead atoms. The second-order valence-corrected chi connectivity index (χ2v) is 8.85. The minimum Gasteiger partial charge on any atom is -0.484 e. The molecule has 0 aliphatic heterocycles. The highest BCUT2D eigenvalue weighted by molar-refractivity contribution is 7.92. The van der Waals surface area contributed by atoms with Gasteiger partial charge in [0.2, 0.25) is 0 Å². The molecule has 0 spiro atoms. The number of hydrogen-bond acceptors (Lipinski definition) is 4. The average Bonchev–Trinajstić information content (AvgIpc) is 2.70. The molecule has 3 rings (SSSR count). The molecule has 0 aromatic heterocycles. The van der Waals surface area contributed by atoms with Crippen LogP contribution in [0.5, 0.6) is 5.75 Å². The second kappa shape index (κ2) is 9.38. The highest BCUT2D eigenvalue weighted by Crippen LogP contribution is 2.29. The Kier molecular flexibility index (Phi) is 6.87. The topological polar surface area (TPSA) is 84.5 Å². The molecule has 9 heteroatoms. The Morgan fingerprint density at radius 3 is 2.40 bits per heavy atom. The predicted octanol–water partition coefficient (Wildman–Crippen LogP) is 5.12. The van der Waals surface area contributed by atoms with Crippen LogP contribution in [0, 0.1) is 6.92 Å². The van der Waals surface area contributed by atoms with Gasteiger partial charge in [0.05, 0.1) is 20.6 Å². The first-order valence-electron chi connectivity index (χ1n) is 8.81. The van der Waals surface area contributed by atoms with E-state index in [0.717, 1.165) is 5.56 Å². The van der Waals surface area contributed by atoms with Crippen molar-refractivity contribution < 1.29 is 17.9 Å². The summed E-state index contributed by atoms with van der Waals surface area (Å²) in [5.41, 5.74) is 1.80. The Hall–Kier alpha value is -2.74. The summed E-state index contributed by atoms with van der Waals surface area (Å²) in [7, 11) is -3.74. The second-order valence-electron chi connectivity index (χ2n) is 6.38. The lowest BCUT2D eigenvalue weighted by Gasteiger charge is -2.11. The number of carbonyl (C=O) groups is 1. The Labute approximate surface area is 184 Å². The summed E-state index contributed by atoms with van der Waals surface area (Å²) in [6.07, 6.45) is 0. The van der Waals surface area contributed by atoms with E-state index in [2.05, 4.69) is 10.0 Å². The molecule has 0 heterocycles. The van der Waals surface area contributed by atoms with Crippen molar-refractivity contribution in [2.24, 2.45) is 0 Å². The molecule has 1 amide bonds. The van der Waals surface area contributed by atoms with E-state index in [4.69, 9.17) is 27.9 Å². The first-order valence-corrected chi connectivity index (χ1v) is 11.0. The molecule has 30 heavy (non-hydrogen) atoms. The summed E-state index contributed by atoms with van der Waals surface area (Å²) in [6.45, 7) is 1.59. The number of hydrogen-bond donors (Lipinski definition) is 2. The van der Waals surface area contributed by atoms with Gasteiger partial charge in [0.15, 0.2) is 6.61 Å². The Bertz CT molecular complexity index is 1170. The van der Waals surface area contributed by atoms with E-state index < -0.39 is 15.9 Å².